The van der Waals surface area contributed by atoms with Crippen molar-refractivity contribution in [3.05, 3.63) is 65.5 Å². The van der Waals surface area contributed by atoms with Crippen molar-refractivity contribution in [3.8, 4) is 0 Å². The molecule has 144 valence electrons. The molecule has 0 radical (unpaired) electrons. The van der Waals surface area contributed by atoms with Crippen molar-refractivity contribution >= 4 is 11.7 Å². The first-order valence-corrected chi connectivity index (χ1v) is 8.78. The van der Waals surface area contributed by atoms with E-state index >= 15 is 0 Å². The van der Waals surface area contributed by atoms with E-state index in [1.54, 1.807) is 0 Å². The van der Waals surface area contributed by atoms with Gasteiger partial charge in [-0.05, 0) is 24.8 Å². The predicted molar refractivity (Wildman–Crippen MR) is 95.8 cm³/mol. The van der Waals surface area contributed by atoms with Gasteiger partial charge in [-0.1, -0.05) is 30.3 Å². The van der Waals surface area contributed by atoms with E-state index in [1.165, 1.54) is 4.90 Å². The SMILES string of the molecule is O=C(Nc1cc(F)c(F)c(F)c1)N1CCC(CO)(Cc2ccccc2)CC1. The number of amides is 2. The molecule has 4 nitrogen and oxygen atoms in total. The number of urea groups is 1. The fraction of sp³-hybridized carbons (Fsp3) is 0.350. The zero-order valence-corrected chi connectivity index (χ0v) is 14.7. The molecule has 0 atom stereocenters. The molecule has 0 spiro atoms. The Bertz CT molecular complexity index is 783. The molecule has 3 rings (SSSR count). The lowest BCUT2D eigenvalue weighted by atomic mass is 9.74. The number of aliphatic hydroxyl groups is 1. The van der Waals surface area contributed by atoms with Crippen LogP contribution in [0.2, 0.25) is 0 Å². The van der Waals surface area contributed by atoms with Crippen molar-refractivity contribution in [1.29, 1.82) is 0 Å². The van der Waals surface area contributed by atoms with Crippen LogP contribution < -0.4 is 5.32 Å². The van der Waals surface area contributed by atoms with Crippen LogP contribution in [0.5, 0.6) is 0 Å². The van der Waals surface area contributed by atoms with E-state index in [0.29, 0.717) is 32.4 Å². The van der Waals surface area contributed by atoms with E-state index in [-0.39, 0.29) is 17.7 Å². The van der Waals surface area contributed by atoms with Crippen molar-refractivity contribution < 1.29 is 23.1 Å². The Hall–Kier alpha value is -2.54. The monoisotopic (exact) mass is 378 g/mol. The molecule has 0 aromatic heterocycles. The highest BCUT2D eigenvalue weighted by molar-refractivity contribution is 5.89. The third-order valence-corrected chi connectivity index (χ3v) is 5.10. The standard InChI is InChI=1S/C20H21F3N2O2/c21-16-10-15(11-17(22)18(16)23)24-19(27)25-8-6-20(13-26,7-9-25)12-14-4-2-1-3-5-14/h1-5,10-11,26H,6-9,12-13H2,(H,24,27). The van der Waals surface area contributed by atoms with Gasteiger partial charge in [0, 0.05) is 42.9 Å². The molecule has 1 fully saturated rings. The van der Waals surface area contributed by atoms with Crippen LogP contribution in [-0.4, -0.2) is 35.7 Å². The second-order valence-electron chi connectivity index (χ2n) is 6.99. The highest BCUT2D eigenvalue weighted by Gasteiger charge is 2.35. The van der Waals surface area contributed by atoms with Gasteiger partial charge in [-0.15, -0.1) is 0 Å². The second-order valence-corrected chi connectivity index (χ2v) is 6.99. The fourth-order valence-electron chi connectivity index (χ4n) is 3.43. The molecule has 0 unspecified atom stereocenters. The zero-order valence-electron chi connectivity index (χ0n) is 14.7. The molecule has 2 aromatic rings. The maximum atomic E-state index is 13.3. The number of carbonyl (C=O) groups excluding carboxylic acids is 1. The topological polar surface area (TPSA) is 52.6 Å². The molecule has 1 heterocycles. The number of benzene rings is 2. The summed E-state index contributed by atoms with van der Waals surface area (Å²) in [6, 6.07) is 10.8. The van der Waals surface area contributed by atoms with Crippen LogP contribution in [-0.2, 0) is 6.42 Å². The first-order valence-electron chi connectivity index (χ1n) is 8.78. The lowest BCUT2D eigenvalue weighted by Crippen LogP contribution is -2.47. The second kappa shape index (κ2) is 8.00. The highest BCUT2D eigenvalue weighted by atomic mass is 19.2. The minimum absolute atomic E-state index is 0.0196. The lowest BCUT2D eigenvalue weighted by Gasteiger charge is -2.40. The summed E-state index contributed by atoms with van der Waals surface area (Å²) in [5.74, 6) is -4.28. The van der Waals surface area contributed by atoms with Gasteiger partial charge in [0.25, 0.3) is 0 Å². The number of nitrogens with zero attached hydrogens (tertiary/aromatic N) is 1. The number of hydrogen-bond acceptors (Lipinski definition) is 2. The largest absolute Gasteiger partial charge is 0.396 e. The smallest absolute Gasteiger partial charge is 0.321 e. The number of halogens is 3. The molecule has 0 bridgehead atoms. The third kappa shape index (κ3) is 4.42. The van der Waals surface area contributed by atoms with E-state index < -0.39 is 23.5 Å². The van der Waals surface area contributed by atoms with Crippen molar-refractivity contribution in [2.75, 3.05) is 25.0 Å². The molecule has 1 aliphatic rings. The minimum atomic E-state index is -1.57. The van der Waals surface area contributed by atoms with Gasteiger partial charge in [-0.25, -0.2) is 18.0 Å². The zero-order chi connectivity index (χ0) is 19.4. The average molecular weight is 378 g/mol. The van der Waals surface area contributed by atoms with Gasteiger partial charge in [0.15, 0.2) is 17.5 Å². The van der Waals surface area contributed by atoms with Crippen LogP contribution in [0.4, 0.5) is 23.7 Å². The fourth-order valence-corrected chi connectivity index (χ4v) is 3.43. The first kappa shape index (κ1) is 19.2. The van der Waals surface area contributed by atoms with E-state index in [9.17, 15) is 23.1 Å². The molecule has 0 aliphatic carbocycles. The Labute approximate surface area is 155 Å². The summed E-state index contributed by atoms with van der Waals surface area (Å²) in [6.45, 7) is 0.836. The Balaban J connectivity index is 1.61. The van der Waals surface area contributed by atoms with Crippen molar-refractivity contribution in [3.63, 3.8) is 0 Å². The molecule has 2 amide bonds. The molecule has 1 saturated heterocycles. The summed E-state index contributed by atoms with van der Waals surface area (Å²) < 4.78 is 39.6. The molecule has 1 aliphatic heterocycles. The van der Waals surface area contributed by atoms with Gasteiger partial charge < -0.3 is 15.3 Å². The number of nitrogens with one attached hydrogen (secondary N) is 1. The van der Waals surface area contributed by atoms with Gasteiger partial charge in [0.2, 0.25) is 0 Å². The quantitative estimate of drug-likeness (QED) is 0.792. The minimum Gasteiger partial charge on any atom is -0.396 e. The molecule has 7 heteroatoms. The molecular formula is C20H21F3N2O2. The van der Waals surface area contributed by atoms with E-state index in [4.69, 9.17) is 0 Å². The maximum Gasteiger partial charge on any atom is 0.321 e. The molecule has 0 saturated carbocycles. The van der Waals surface area contributed by atoms with E-state index in [0.717, 1.165) is 17.7 Å². The van der Waals surface area contributed by atoms with Crippen molar-refractivity contribution in [2.45, 2.75) is 19.3 Å². The Morgan fingerprint density at radius 3 is 2.22 bits per heavy atom. The van der Waals surface area contributed by atoms with Crippen LogP contribution in [0, 0.1) is 22.9 Å². The average Bonchev–Trinajstić information content (AvgIpc) is 2.67. The number of aliphatic hydroxyl groups excluding tert-OH is 1. The summed E-state index contributed by atoms with van der Waals surface area (Å²) in [5, 5.41) is 12.3. The first-order chi connectivity index (χ1) is 12.9. The molecule has 2 N–H and O–H groups in total. The Kier molecular flexibility index (Phi) is 5.70. The van der Waals surface area contributed by atoms with Gasteiger partial charge in [0.05, 0.1) is 0 Å². The number of anilines is 1. The number of piperidine rings is 1. The summed E-state index contributed by atoms with van der Waals surface area (Å²) >= 11 is 0. The molecule has 27 heavy (non-hydrogen) atoms. The van der Waals surface area contributed by atoms with Gasteiger partial charge in [0.1, 0.15) is 0 Å². The lowest BCUT2D eigenvalue weighted by molar-refractivity contribution is 0.0575. The van der Waals surface area contributed by atoms with Crippen LogP contribution in [0.15, 0.2) is 42.5 Å². The van der Waals surface area contributed by atoms with E-state index in [2.05, 4.69) is 5.32 Å². The van der Waals surface area contributed by atoms with Gasteiger partial charge in [-0.3, -0.25) is 0 Å². The van der Waals surface area contributed by atoms with Gasteiger partial charge >= 0.3 is 6.03 Å². The molecular weight excluding hydrogens is 357 g/mol. The van der Waals surface area contributed by atoms with Gasteiger partial charge in [-0.2, -0.15) is 0 Å². The van der Waals surface area contributed by atoms with Crippen molar-refractivity contribution in [1.82, 2.24) is 4.90 Å². The summed E-state index contributed by atoms with van der Waals surface area (Å²) in [7, 11) is 0. The number of rotatable bonds is 4. The molecule has 2 aromatic carbocycles. The summed E-state index contributed by atoms with van der Waals surface area (Å²) in [6.07, 6.45) is 1.93. The number of likely N-dealkylation sites (tertiary alicyclic amines) is 1. The Morgan fingerprint density at radius 1 is 1.07 bits per heavy atom. The summed E-state index contributed by atoms with van der Waals surface area (Å²) in [4.78, 5) is 13.9. The van der Waals surface area contributed by atoms with E-state index in [1.807, 2.05) is 30.3 Å². The number of hydrogen-bond donors (Lipinski definition) is 2. The van der Waals surface area contributed by atoms with Crippen molar-refractivity contribution in [2.24, 2.45) is 5.41 Å². The normalized spacial score (nSPS) is 16.2. The highest BCUT2D eigenvalue weighted by Crippen LogP contribution is 2.35. The van der Waals surface area contributed by atoms with Crippen LogP contribution in [0.25, 0.3) is 0 Å². The maximum absolute atomic E-state index is 13.3. The van der Waals surface area contributed by atoms with Crippen LogP contribution >= 0.6 is 0 Å². The Morgan fingerprint density at radius 2 is 1.67 bits per heavy atom. The predicted octanol–water partition coefficient (Wildman–Crippen LogP) is 3.95. The van der Waals surface area contributed by atoms with Crippen LogP contribution in [0.3, 0.4) is 0 Å². The van der Waals surface area contributed by atoms with Crippen LogP contribution in [0.1, 0.15) is 18.4 Å². The summed E-state index contributed by atoms with van der Waals surface area (Å²) in [5.41, 5.74) is 0.688. The number of carbonyl (C=O) groups is 1. The third-order valence-electron chi connectivity index (χ3n) is 5.10.